The fourth-order valence-corrected chi connectivity index (χ4v) is 2.63. The van der Waals surface area contributed by atoms with Gasteiger partial charge >= 0.3 is 0 Å². The molecule has 0 bridgehead atoms. The van der Waals surface area contributed by atoms with Crippen LogP contribution >= 0.6 is 0 Å². The number of ether oxygens (including phenoxy) is 1. The molecule has 0 fully saturated rings. The molecule has 0 spiro atoms. The minimum atomic E-state index is 0.609. The molecule has 1 aliphatic rings. The third kappa shape index (κ3) is 3.05. The van der Waals surface area contributed by atoms with E-state index in [4.69, 9.17) is 4.74 Å². The SMILES string of the molecule is Cc1ncc2c(n1)CCN(COc1cccc(C)c1C)C2. The molecule has 2 heterocycles. The Morgan fingerprint density at radius 1 is 1.24 bits per heavy atom. The maximum Gasteiger partial charge on any atom is 0.142 e. The predicted octanol–water partition coefficient (Wildman–Crippen LogP) is 2.80. The van der Waals surface area contributed by atoms with Gasteiger partial charge in [0.05, 0.1) is 0 Å². The fourth-order valence-electron chi connectivity index (χ4n) is 2.63. The van der Waals surface area contributed by atoms with E-state index in [2.05, 4.69) is 34.8 Å². The molecular weight excluding hydrogens is 262 g/mol. The van der Waals surface area contributed by atoms with Crippen molar-refractivity contribution >= 4 is 0 Å². The average molecular weight is 283 g/mol. The third-order valence-corrected chi connectivity index (χ3v) is 4.09. The van der Waals surface area contributed by atoms with Crippen molar-refractivity contribution in [2.45, 2.75) is 33.7 Å². The number of rotatable bonds is 3. The molecule has 0 N–H and O–H groups in total. The minimum Gasteiger partial charge on any atom is -0.478 e. The van der Waals surface area contributed by atoms with Crippen molar-refractivity contribution in [1.82, 2.24) is 14.9 Å². The molecule has 4 heteroatoms. The molecule has 0 saturated heterocycles. The number of hydrogen-bond acceptors (Lipinski definition) is 4. The first-order chi connectivity index (χ1) is 10.1. The van der Waals surface area contributed by atoms with Gasteiger partial charge in [-0.2, -0.15) is 0 Å². The summed E-state index contributed by atoms with van der Waals surface area (Å²) < 4.78 is 5.98. The molecule has 1 aromatic carbocycles. The second-order valence-electron chi connectivity index (χ2n) is 5.66. The van der Waals surface area contributed by atoms with Gasteiger partial charge in [0, 0.05) is 37.0 Å². The van der Waals surface area contributed by atoms with Crippen molar-refractivity contribution in [3.05, 3.63) is 52.6 Å². The fraction of sp³-hybridized carbons (Fsp3) is 0.412. The van der Waals surface area contributed by atoms with Crippen LogP contribution in [0.1, 0.15) is 28.2 Å². The van der Waals surface area contributed by atoms with Gasteiger partial charge in [0.1, 0.15) is 18.3 Å². The van der Waals surface area contributed by atoms with Crippen LogP contribution < -0.4 is 4.74 Å². The van der Waals surface area contributed by atoms with E-state index < -0.39 is 0 Å². The van der Waals surface area contributed by atoms with Crippen LogP contribution in [0, 0.1) is 20.8 Å². The van der Waals surface area contributed by atoms with E-state index in [0.29, 0.717) is 6.73 Å². The van der Waals surface area contributed by atoms with Gasteiger partial charge in [-0.1, -0.05) is 12.1 Å². The maximum atomic E-state index is 5.98. The topological polar surface area (TPSA) is 38.2 Å². The van der Waals surface area contributed by atoms with Crippen molar-refractivity contribution in [3.8, 4) is 5.75 Å². The second kappa shape index (κ2) is 5.82. The van der Waals surface area contributed by atoms with Gasteiger partial charge in [0.2, 0.25) is 0 Å². The molecule has 21 heavy (non-hydrogen) atoms. The Kier molecular flexibility index (Phi) is 3.88. The largest absolute Gasteiger partial charge is 0.478 e. The Balaban J connectivity index is 1.65. The Morgan fingerprint density at radius 2 is 2.10 bits per heavy atom. The van der Waals surface area contributed by atoms with Crippen LogP contribution in [0.15, 0.2) is 24.4 Å². The lowest BCUT2D eigenvalue weighted by Crippen LogP contribution is -2.34. The van der Waals surface area contributed by atoms with Crippen LogP contribution in [0.2, 0.25) is 0 Å². The van der Waals surface area contributed by atoms with E-state index in [1.807, 2.05) is 25.3 Å². The molecule has 0 atom stereocenters. The van der Waals surface area contributed by atoms with Crippen LogP contribution in [0.5, 0.6) is 5.75 Å². The molecular formula is C17H21N3O. The van der Waals surface area contributed by atoms with Crippen LogP contribution in [0.4, 0.5) is 0 Å². The average Bonchev–Trinajstić information content (AvgIpc) is 2.49. The standard InChI is InChI=1S/C17H21N3O/c1-12-5-4-6-17(13(12)2)21-11-20-8-7-16-15(10-20)9-18-14(3)19-16/h4-6,9H,7-8,10-11H2,1-3H3. The zero-order chi connectivity index (χ0) is 14.8. The summed E-state index contributed by atoms with van der Waals surface area (Å²) in [5.41, 5.74) is 4.89. The summed E-state index contributed by atoms with van der Waals surface area (Å²) in [6, 6.07) is 6.19. The quantitative estimate of drug-likeness (QED) is 0.868. The van der Waals surface area contributed by atoms with Crippen molar-refractivity contribution in [2.24, 2.45) is 0 Å². The zero-order valence-electron chi connectivity index (χ0n) is 12.9. The van der Waals surface area contributed by atoms with E-state index in [9.17, 15) is 0 Å². The van der Waals surface area contributed by atoms with Gasteiger partial charge in [0.15, 0.2) is 0 Å². The van der Waals surface area contributed by atoms with E-state index >= 15 is 0 Å². The highest BCUT2D eigenvalue weighted by Gasteiger charge is 2.18. The normalized spacial score (nSPS) is 14.8. The minimum absolute atomic E-state index is 0.609. The Hall–Kier alpha value is -1.94. The summed E-state index contributed by atoms with van der Waals surface area (Å²) in [5.74, 6) is 1.83. The molecule has 4 nitrogen and oxygen atoms in total. The molecule has 0 amide bonds. The molecule has 1 aliphatic heterocycles. The van der Waals surface area contributed by atoms with Crippen LogP contribution in [0.3, 0.4) is 0 Å². The van der Waals surface area contributed by atoms with Gasteiger partial charge < -0.3 is 4.74 Å². The second-order valence-corrected chi connectivity index (χ2v) is 5.66. The van der Waals surface area contributed by atoms with Gasteiger partial charge in [-0.05, 0) is 38.0 Å². The first-order valence-electron chi connectivity index (χ1n) is 7.36. The summed E-state index contributed by atoms with van der Waals surface area (Å²) in [6.45, 7) is 8.61. The molecule has 0 saturated carbocycles. The van der Waals surface area contributed by atoms with E-state index in [1.54, 1.807) is 0 Å². The predicted molar refractivity (Wildman–Crippen MR) is 82.3 cm³/mol. The van der Waals surface area contributed by atoms with Gasteiger partial charge in [-0.15, -0.1) is 0 Å². The molecule has 2 aromatic rings. The van der Waals surface area contributed by atoms with Gasteiger partial charge in [-0.3, -0.25) is 4.90 Å². The number of aromatic nitrogens is 2. The smallest absolute Gasteiger partial charge is 0.142 e. The zero-order valence-corrected chi connectivity index (χ0v) is 12.9. The van der Waals surface area contributed by atoms with Crippen molar-refractivity contribution in [3.63, 3.8) is 0 Å². The van der Waals surface area contributed by atoms with Crippen LogP contribution in [-0.2, 0) is 13.0 Å². The molecule has 0 unspecified atom stereocenters. The Morgan fingerprint density at radius 3 is 2.95 bits per heavy atom. The highest BCUT2D eigenvalue weighted by atomic mass is 16.5. The number of aryl methyl sites for hydroxylation is 2. The summed E-state index contributed by atoms with van der Waals surface area (Å²) in [4.78, 5) is 11.1. The molecule has 0 radical (unpaired) electrons. The van der Waals surface area contributed by atoms with Crippen molar-refractivity contribution in [2.75, 3.05) is 13.3 Å². The molecule has 1 aromatic heterocycles. The van der Waals surface area contributed by atoms with Crippen LogP contribution in [0.25, 0.3) is 0 Å². The van der Waals surface area contributed by atoms with E-state index in [-0.39, 0.29) is 0 Å². The third-order valence-electron chi connectivity index (χ3n) is 4.09. The molecule has 110 valence electrons. The highest BCUT2D eigenvalue weighted by Crippen LogP contribution is 2.22. The lowest BCUT2D eigenvalue weighted by Gasteiger charge is -2.28. The van der Waals surface area contributed by atoms with E-state index in [0.717, 1.165) is 31.1 Å². The summed E-state index contributed by atoms with van der Waals surface area (Å²) in [7, 11) is 0. The summed E-state index contributed by atoms with van der Waals surface area (Å²) in [5, 5.41) is 0. The Labute approximate surface area is 125 Å². The van der Waals surface area contributed by atoms with Crippen LogP contribution in [-0.4, -0.2) is 28.1 Å². The summed E-state index contributed by atoms with van der Waals surface area (Å²) >= 11 is 0. The van der Waals surface area contributed by atoms with Crippen molar-refractivity contribution in [1.29, 1.82) is 0 Å². The number of nitrogens with zero attached hydrogens (tertiary/aromatic N) is 3. The van der Waals surface area contributed by atoms with Gasteiger partial charge in [-0.25, -0.2) is 9.97 Å². The first-order valence-corrected chi connectivity index (χ1v) is 7.36. The maximum absolute atomic E-state index is 5.98. The molecule has 0 aliphatic carbocycles. The highest BCUT2D eigenvalue weighted by molar-refractivity contribution is 5.38. The first kappa shape index (κ1) is 14.0. The number of hydrogen-bond donors (Lipinski definition) is 0. The molecule has 3 rings (SSSR count). The Bertz CT molecular complexity index is 654. The lowest BCUT2D eigenvalue weighted by atomic mass is 10.1. The van der Waals surface area contributed by atoms with E-state index in [1.165, 1.54) is 22.4 Å². The number of benzene rings is 1. The van der Waals surface area contributed by atoms with Crippen molar-refractivity contribution < 1.29 is 4.74 Å². The summed E-state index contributed by atoms with van der Waals surface area (Å²) in [6.07, 6.45) is 2.91. The van der Waals surface area contributed by atoms with Gasteiger partial charge in [0.25, 0.3) is 0 Å². The monoisotopic (exact) mass is 283 g/mol. The lowest BCUT2D eigenvalue weighted by molar-refractivity contribution is 0.112. The number of fused-ring (bicyclic) bond motifs is 1.